The van der Waals surface area contributed by atoms with Gasteiger partial charge in [0.2, 0.25) is 5.91 Å². The van der Waals surface area contributed by atoms with Crippen LogP contribution in [0.1, 0.15) is 25.0 Å². The van der Waals surface area contributed by atoms with Crippen molar-refractivity contribution in [2.75, 3.05) is 23.8 Å². The van der Waals surface area contributed by atoms with Gasteiger partial charge in [0.15, 0.2) is 0 Å². The van der Waals surface area contributed by atoms with E-state index < -0.39 is 0 Å². The fourth-order valence-corrected chi connectivity index (χ4v) is 4.30. The van der Waals surface area contributed by atoms with Gasteiger partial charge in [-0.2, -0.15) is 0 Å². The number of quaternary nitrogens is 1. The van der Waals surface area contributed by atoms with Crippen LogP contribution in [0.2, 0.25) is 5.02 Å². The third kappa shape index (κ3) is 7.38. The van der Waals surface area contributed by atoms with Crippen molar-refractivity contribution in [3.63, 3.8) is 0 Å². The maximum absolute atomic E-state index is 12.4. The van der Waals surface area contributed by atoms with E-state index in [4.69, 9.17) is 16.3 Å². The molecule has 6 heteroatoms. The molecule has 4 nitrogen and oxygen atoms in total. The highest BCUT2D eigenvalue weighted by Gasteiger charge is 2.16. The van der Waals surface area contributed by atoms with E-state index >= 15 is 0 Å². The summed E-state index contributed by atoms with van der Waals surface area (Å²) >= 11 is 7.81. The van der Waals surface area contributed by atoms with Gasteiger partial charge in [0.05, 0.1) is 18.1 Å². The first-order chi connectivity index (χ1) is 15.6. The molecule has 32 heavy (non-hydrogen) atoms. The normalized spacial score (nSPS) is 10.8. The fourth-order valence-electron chi connectivity index (χ4n) is 3.39. The number of nitrogens with two attached hydrogens (primary N) is 1. The quantitative estimate of drug-likeness (QED) is 0.232. The van der Waals surface area contributed by atoms with Crippen LogP contribution in [0.3, 0.4) is 0 Å². The summed E-state index contributed by atoms with van der Waals surface area (Å²) in [6.07, 6.45) is 0. The minimum atomic E-state index is 0.00727. The van der Waals surface area contributed by atoms with Crippen LogP contribution in [0.15, 0.2) is 77.7 Å². The second kappa shape index (κ2) is 12.7. The first kappa shape index (κ1) is 24.3. The van der Waals surface area contributed by atoms with Crippen molar-refractivity contribution in [2.24, 2.45) is 0 Å². The van der Waals surface area contributed by atoms with Crippen LogP contribution in [0.5, 0.6) is 0 Å². The van der Waals surface area contributed by atoms with Gasteiger partial charge in [0.25, 0.3) is 0 Å². The van der Waals surface area contributed by atoms with Crippen molar-refractivity contribution in [3.8, 4) is 0 Å². The molecule has 168 valence electrons. The molecule has 1 amide bonds. The molecule has 0 saturated carbocycles. The zero-order valence-corrected chi connectivity index (χ0v) is 20.2. The molecular formula is C26H30ClN2O2S+. The Balaban J connectivity index is 1.68. The van der Waals surface area contributed by atoms with E-state index in [0.29, 0.717) is 19.8 Å². The molecule has 0 radical (unpaired) electrons. The maximum atomic E-state index is 12.4. The molecule has 3 aromatic rings. The van der Waals surface area contributed by atoms with E-state index in [2.05, 4.69) is 24.4 Å². The number of carbonyl (C=O) groups excluding carboxylic acids is 1. The van der Waals surface area contributed by atoms with E-state index in [1.54, 1.807) is 23.6 Å². The summed E-state index contributed by atoms with van der Waals surface area (Å²) in [5.41, 5.74) is 4.36. The molecule has 3 rings (SSSR count). The van der Waals surface area contributed by atoms with Crippen LogP contribution in [0, 0.1) is 0 Å². The summed E-state index contributed by atoms with van der Waals surface area (Å²) in [6, 6.07) is 24.2. The van der Waals surface area contributed by atoms with Crippen LogP contribution in [0.4, 0.5) is 11.4 Å². The predicted molar refractivity (Wildman–Crippen MR) is 134 cm³/mol. The highest BCUT2D eigenvalue weighted by atomic mass is 35.5. The lowest BCUT2D eigenvalue weighted by Gasteiger charge is -2.22. The number of carbonyl (C=O) groups is 1. The predicted octanol–water partition coefficient (Wildman–Crippen LogP) is 5.42. The summed E-state index contributed by atoms with van der Waals surface area (Å²) in [5, 5.41) is 2.96. The van der Waals surface area contributed by atoms with Gasteiger partial charge in [0.1, 0.15) is 12.2 Å². The van der Waals surface area contributed by atoms with Crippen molar-refractivity contribution in [1.29, 1.82) is 0 Å². The molecule has 0 spiro atoms. The highest BCUT2D eigenvalue weighted by Crippen LogP contribution is 2.29. The molecule has 3 aromatic carbocycles. The van der Waals surface area contributed by atoms with Gasteiger partial charge >= 0.3 is 0 Å². The standard InChI is InChI=1S/C26H29ClN2O2S/c1-3-32-26-14-13-24(17-25(26)28-18-21-9-11-23(27)12-10-21)29(20(2)30)15-16-31-19-22-7-5-4-6-8-22/h4-14,17,28H,3,15-16,18-19H2,1-2H3/p+1. The first-order valence-corrected chi connectivity index (χ1v) is 12.2. The molecular weight excluding hydrogens is 440 g/mol. The zero-order chi connectivity index (χ0) is 22.8. The molecule has 0 heterocycles. The molecule has 0 aromatic heterocycles. The van der Waals surface area contributed by atoms with Crippen molar-refractivity contribution in [3.05, 3.63) is 88.9 Å². The van der Waals surface area contributed by atoms with E-state index in [9.17, 15) is 4.79 Å². The number of anilines is 1. The number of nitrogens with zero attached hydrogens (tertiary/aromatic N) is 1. The van der Waals surface area contributed by atoms with Gasteiger partial charge in [-0.3, -0.25) is 4.79 Å². The van der Waals surface area contributed by atoms with E-state index in [0.717, 1.165) is 34.3 Å². The summed E-state index contributed by atoms with van der Waals surface area (Å²) < 4.78 is 5.81. The second-order valence-electron chi connectivity index (χ2n) is 7.40. The van der Waals surface area contributed by atoms with Crippen molar-refractivity contribution >= 4 is 40.6 Å². The Bertz CT molecular complexity index is 996. The molecule has 0 aliphatic heterocycles. The number of benzene rings is 3. The molecule has 0 aliphatic rings. The smallest absolute Gasteiger partial charge is 0.223 e. The summed E-state index contributed by atoms with van der Waals surface area (Å²) in [6.45, 7) is 6.08. The van der Waals surface area contributed by atoms with Crippen molar-refractivity contribution in [2.45, 2.75) is 31.9 Å². The lowest BCUT2D eigenvalue weighted by Crippen LogP contribution is -2.76. The van der Waals surface area contributed by atoms with Crippen LogP contribution in [-0.2, 0) is 22.7 Å². The number of ether oxygens (including phenoxy) is 1. The second-order valence-corrected chi connectivity index (χ2v) is 9.14. The third-order valence-electron chi connectivity index (χ3n) is 5.03. The van der Waals surface area contributed by atoms with Crippen LogP contribution in [-0.4, -0.2) is 24.8 Å². The number of amides is 1. The Morgan fingerprint density at radius 3 is 2.47 bits per heavy atom. The zero-order valence-electron chi connectivity index (χ0n) is 18.6. The lowest BCUT2D eigenvalue weighted by molar-refractivity contribution is -0.590. The minimum absolute atomic E-state index is 0.00727. The Morgan fingerprint density at radius 1 is 1.03 bits per heavy atom. The average Bonchev–Trinajstić information content (AvgIpc) is 2.80. The number of hydrogen-bond acceptors (Lipinski definition) is 3. The van der Waals surface area contributed by atoms with E-state index in [1.165, 1.54) is 10.5 Å². The Hall–Kier alpha value is -2.31. The SMILES string of the molecule is CCSc1ccc(N(CCOCc2ccccc2)C(C)=O)cc1[NH2+]Cc1ccc(Cl)cc1. The Kier molecular flexibility index (Phi) is 9.62. The maximum Gasteiger partial charge on any atom is 0.223 e. The number of hydrogen-bond donors (Lipinski definition) is 1. The number of halogens is 1. The Labute approximate surface area is 199 Å². The van der Waals surface area contributed by atoms with Gasteiger partial charge in [0, 0.05) is 35.8 Å². The summed E-state index contributed by atoms with van der Waals surface area (Å²) in [5.74, 6) is 0.998. The monoisotopic (exact) mass is 469 g/mol. The molecule has 0 bridgehead atoms. The van der Waals surface area contributed by atoms with E-state index in [-0.39, 0.29) is 5.91 Å². The fraction of sp³-hybridized carbons (Fsp3) is 0.269. The lowest BCUT2D eigenvalue weighted by atomic mass is 10.2. The number of rotatable bonds is 11. The van der Waals surface area contributed by atoms with Crippen molar-refractivity contribution < 1.29 is 14.8 Å². The molecule has 0 unspecified atom stereocenters. The van der Waals surface area contributed by atoms with Gasteiger partial charge < -0.3 is 15.0 Å². The van der Waals surface area contributed by atoms with Gasteiger partial charge in [-0.25, -0.2) is 0 Å². The highest BCUT2D eigenvalue weighted by molar-refractivity contribution is 7.99. The molecule has 0 saturated heterocycles. The van der Waals surface area contributed by atoms with Gasteiger partial charge in [-0.05, 0) is 35.6 Å². The van der Waals surface area contributed by atoms with Gasteiger partial charge in [-0.15, -0.1) is 11.8 Å². The topological polar surface area (TPSA) is 46.1 Å². The van der Waals surface area contributed by atoms with Crippen LogP contribution < -0.4 is 10.2 Å². The largest absolute Gasteiger partial charge is 0.375 e. The van der Waals surface area contributed by atoms with E-state index in [1.807, 2.05) is 60.7 Å². The molecule has 0 fully saturated rings. The average molecular weight is 470 g/mol. The Morgan fingerprint density at radius 2 is 1.78 bits per heavy atom. The first-order valence-electron chi connectivity index (χ1n) is 10.8. The van der Waals surface area contributed by atoms with Gasteiger partial charge in [-0.1, -0.05) is 61.0 Å². The summed E-state index contributed by atoms with van der Waals surface area (Å²) in [7, 11) is 0. The molecule has 2 N–H and O–H groups in total. The molecule has 0 aliphatic carbocycles. The third-order valence-corrected chi connectivity index (χ3v) is 6.25. The van der Waals surface area contributed by atoms with Crippen molar-refractivity contribution in [1.82, 2.24) is 0 Å². The van der Waals surface area contributed by atoms with Crippen LogP contribution in [0.25, 0.3) is 0 Å². The molecule has 0 atom stereocenters. The number of thioether (sulfide) groups is 1. The summed E-state index contributed by atoms with van der Waals surface area (Å²) in [4.78, 5) is 15.4. The minimum Gasteiger partial charge on any atom is -0.375 e. The van der Waals surface area contributed by atoms with Crippen LogP contribution >= 0.6 is 23.4 Å².